The van der Waals surface area contributed by atoms with Crippen molar-refractivity contribution in [3.63, 3.8) is 0 Å². The van der Waals surface area contributed by atoms with Gasteiger partial charge < -0.3 is 5.73 Å². The van der Waals surface area contributed by atoms with Crippen molar-refractivity contribution in [1.29, 1.82) is 0 Å². The molecule has 21 heavy (non-hydrogen) atoms. The van der Waals surface area contributed by atoms with E-state index in [4.69, 9.17) is 5.73 Å². The minimum Gasteiger partial charge on any atom is -0.370 e. The normalized spacial score (nSPS) is 15.6. The summed E-state index contributed by atoms with van der Waals surface area (Å²) in [6.45, 7) is 0.688. The van der Waals surface area contributed by atoms with Crippen LogP contribution in [0.5, 0.6) is 0 Å². The molecule has 2 N–H and O–H groups in total. The van der Waals surface area contributed by atoms with Gasteiger partial charge in [0.15, 0.2) is 0 Å². The average Bonchev–Trinajstić information content (AvgIpc) is 2.24. The fourth-order valence-electron chi connectivity index (χ4n) is 1.69. The molecule has 0 fully saturated rings. The van der Waals surface area contributed by atoms with Gasteiger partial charge in [-0.3, -0.25) is 4.79 Å². The highest BCUT2D eigenvalue weighted by Crippen LogP contribution is 2.40. The van der Waals surface area contributed by atoms with Crippen LogP contribution in [0.25, 0.3) is 0 Å². The molecule has 0 spiro atoms. The lowest BCUT2D eigenvalue weighted by molar-refractivity contribution is -0.143. The second-order valence-electron chi connectivity index (χ2n) is 4.64. The van der Waals surface area contributed by atoms with Crippen LogP contribution in [0.3, 0.4) is 0 Å². The first-order chi connectivity index (χ1) is 9.23. The number of primary amides is 1. The Labute approximate surface area is 114 Å². The summed E-state index contributed by atoms with van der Waals surface area (Å²) in [5.74, 6) is -1.19. The van der Waals surface area contributed by atoms with Gasteiger partial charge in [0.25, 0.3) is 0 Å². The molecule has 0 aromatic heterocycles. The molecule has 1 amide bonds. The first-order valence-electron chi connectivity index (χ1n) is 5.50. The number of benzene rings is 1. The van der Waals surface area contributed by atoms with E-state index in [1.165, 1.54) is 0 Å². The van der Waals surface area contributed by atoms with E-state index in [1.807, 2.05) is 0 Å². The molecule has 2 nitrogen and oxygen atoms in total. The van der Waals surface area contributed by atoms with Crippen LogP contribution in [0.4, 0.5) is 30.7 Å². The summed E-state index contributed by atoms with van der Waals surface area (Å²) >= 11 is 0. The Balaban J connectivity index is 3.49. The van der Waals surface area contributed by atoms with Gasteiger partial charge >= 0.3 is 12.4 Å². The van der Waals surface area contributed by atoms with Gasteiger partial charge in [-0.25, -0.2) is 4.39 Å². The lowest BCUT2D eigenvalue weighted by Crippen LogP contribution is -2.26. The Morgan fingerprint density at radius 1 is 0.905 bits per heavy atom. The maximum atomic E-state index is 14.2. The summed E-state index contributed by atoms with van der Waals surface area (Å²) in [5, 5.41) is 0. The molecule has 118 valence electrons. The number of hydrogen-bond donors (Lipinski definition) is 1. The van der Waals surface area contributed by atoms with Crippen LogP contribution in [-0.4, -0.2) is 5.91 Å². The molecule has 0 bridgehead atoms. The molecule has 0 aliphatic heterocycles. The smallest absolute Gasteiger partial charge is 0.370 e. The number of carbonyl (C=O) groups is 1. The van der Waals surface area contributed by atoms with Gasteiger partial charge in [-0.2, -0.15) is 26.3 Å². The molecule has 0 saturated carbocycles. The molecule has 9 heteroatoms. The predicted octanol–water partition coefficient (Wildman–Crippen LogP) is 3.78. The highest BCUT2D eigenvalue weighted by atomic mass is 19.4. The van der Waals surface area contributed by atoms with Crippen molar-refractivity contribution in [2.75, 3.05) is 0 Å². The van der Waals surface area contributed by atoms with E-state index < -0.39 is 47.0 Å². The van der Waals surface area contributed by atoms with Crippen molar-refractivity contribution in [2.24, 2.45) is 5.73 Å². The third-order valence-electron chi connectivity index (χ3n) is 2.70. The second-order valence-corrected chi connectivity index (χ2v) is 4.64. The van der Waals surface area contributed by atoms with Gasteiger partial charge in [-0.15, -0.1) is 0 Å². The SMILES string of the molecule is C[C@](F)(CC(N)=O)c1cc(C(F)(F)F)cc(C(F)(F)F)c1. The molecule has 1 aromatic carbocycles. The van der Waals surface area contributed by atoms with E-state index in [-0.39, 0.29) is 18.2 Å². The van der Waals surface area contributed by atoms with E-state index in [2.05, 4.69) is 0 Å². The number of halogens is 7. The predicted molar refractivity (Wildman–Crippen MR) is 58.7 cm³/mol. The third kappa shape index (κ3) is 4.33. The van der Waals surface area contributed by atoms with Crippen LogP contribution in [0.15, 0.2) is 18.2 Å². The van der Waals surface area contributed by atoms with Crippen molar-refractivity contribution >= 4 is 5.91 Å². The lowest BCUT2D eigenvalue weighted by Gasteiger charge is -2.22. The maximum absolute atomic E-state index is 14.2. The van der Waals surface area contributed by atoms with Gasteiger partial charge in [0.1, 0.15) is 5.67 Å². The van der Waals surface area contributed by atoms with Crippen molar-refractivity contribution in [3.05, 3.63) is 34.9 Å². The molecule has 0 radical (unpaired) electrons. The quantitative estimate of drug-likeness (QED) is 0.847. The monoisotopic (exact) mass is 317 g/mol. The summed E-state index contributed by atoms with van der Waals surface area (Å²) < 4.78 is 89.8. The number of rotatable bonds is 3. The van der Waals surface area contributed by atoms with Crippen LogP contribution in [-0.2, 0) is 22.8 Å². The van der Waals surface area contributed by atoms with Crippen LogP contribution < -0.4 is 5.73 Å². The van der Waals surface area contributed by atoms with Crippen LogP contribution in [0.2, 0.25) is 0 Å². The van der Waals surface area contributed by atoms with Crippen molar-refractivity contribution in [2.45, 2.75) is 31.4 Å². The first kappa shape index (κ1) is 17.3. The molecule has 1 aromatic rings. The summed E-state index contributed by atoms with van der Waals surface area (Å²) in [4.78, 5) is 10.7. The van der Waals surface area contributed by atoms with E-state index in [9.17, 15) is 35.5 Å². The molecule has 0 saturated heterocycles. The molecular weight excluding hydrogens is 307 g/mol. The van der Waals surface area contributed by atoms with Crippen LogP contribution in [0, 0.1) is 0 Å². The number of nitrogens with two attached hydrogens (primary N) is 1. The highest BCUT2D eigenvalue weighted by Gasteiger charge is 2.39. The highest BCUT2D eigenvalue weighted by molar-refractivity contribution is 5.75. The van der Waals surface area contributed by atoms with E-state index in [1.54, 1.807) is 0 Å². The van der Waals surface area contributed by atoms with Crippen molar-refractivity contribution in [3.8, 4) is 0 Å². The van der Waals surface area contributed by atoms with Gasteiger partial charge in [0, 0.05) is 0 Å². The van der Waals surface area contributed by atoms with Crippen molar-refractivity contribution < 1.29 is 35.5 Å². The van der Waals surface area contributed by atoms with E-state index >= 15 is 0 Å². The average molecular weight is 317 g/mol. The Bertz CT molecular complexity index is 513. The number of hydrogen-bond acceptors (Lipinski definition) is 1. The summed E-state index contributed by atoms with van der Waals surface area (Å²) in [6, 6.07) is 0.347. The Kier molecular flexibility index (Phi) is 4.27. The van der Waals surface area contributed by atoms with Gasteiger partial charge in [-0.05, 0) is 30.7 Å². The maximum Gasteiger partial charge on any atom is 0.416 e. The number of carbonyl (C=O) groups excluding carboxylic acids is 1. The molecular formula is C12H10F7NO. The topological polar surface area (TPSA) is 43.1 Å². The Hall–Kier alpha value is -1.80. The number of amides is 1. The first-order valence-corrected chi connectivity index (χ1v) is 5.50. The van der Waals surface area contributed by atoms with Gasteiger partial charge in [0.2, 0.25) is 5.91 Å². The fourth-order valence-corrected chi connectivity index (χ4v) is 1.69. The van der Waals surface area contributed by atoms with Gasteiger partial charge in [0.05, 0.1) is 17.5 Å². The van der Waals surface area contributed by atoms with E-state index in [0.29, 0.717) is 6.92 Å². The fraction of sp³-hybridized carbons (Fsp3) is 0.417. The second kappa shape index (κ2) is 5.19. The molecule has 0 unspecified atom stereocenters. The summed E-state index contributed by atoms with van der Waals surface area (Å²) in [6.07, 6.45) is -11.2. The Morgan fingerprint density at radius 2 is 1.24 bits per heavy atom. The molecule has 1 rings (SSSR count). The molecule has 0 heterocycles. The van der Waals surface area contributed by atoms with Crippen LogP contribution >= 0.6 is 0 Å². The molecule has 1 atom stereocenters. The molecule has 0 aliphatic rings. The third-order valence-corrected chi connectivity index (χ3v) is 2.70. The zero-order chi connectivity index (χ0) is 16.6. The minimum absolute atomic E-state index is 0.121. The van der Waals surface area contributed by atoms with Gasteiger partial charge in [-0.1, -0.05) is 0 Å². The largest absolute Gasteiger partial charge is 0.416 e. The summed E-state index contributed by atoms with van der Waals surface area (Å²) in [7, 11) is 0. The zero-order valence-corrected chi connectivity index (χ0v) is 10.6. The Morgan fingerprint density at radius 3 is 1.52 bits per heavy atom. The summed E-state index contributed by atoms with van der Waals surface area (Å²) in [5.41, 5.74) is -2.22. The van der Waals surface area contributed by atoms with E-state index in [0.717, 1.165) is 0 Å². The van der Waals surface area contributed by atoms with Crippen molar-refractivity contribution in [1.82, 2.24) is 0 Å². The standard InChI is InChI=1S/C12H10F7NO/c1-10(13,5-9(20)21)6-2-7(11(14,15)16)4-8(3-6)12(17,18)19/h2-4H,5H2,1H3,(H2,20,21)/t10-/m0/s1. The molecule has 0 aliphatic carbocycles. The number of alkyl halides is 7. The minimum atomic E-state index is -5.08. The van der Waals surface area contributed by atoms with Crippen LogP contribution in [0.1, 0.15) is 30.0 Å². The zero-order valence-electron chi connectivity index (χ0n) is 10.6. The lowest BCUT2D eigenvalue weighted by atomic mass is 9.90.